The predicted molar refractivity (Wildman–Crippen MR) is 70.4 cm³/mol. The van der Waals surface area contributed by atoms with Crippen molar-refractivity contribution in [3.05, 3.63) is 36.4 Å². The molecule has 1 aromatic carbocycles. The quantitative estimate of drug-likeness (QED) is 0.677. The van der Waals surface area contributed by atoms with E-state index in [4.69, 9.17) is 10.5 Å². The molecule has 102 valence electrons. The van der Waals surface area contributed by atoms with Crippen LogP contribution in [0.4, 0.5) is 14.5 Å². The molecule has 2 rings (SSSR count). The van der Waals surface area contributed by atoms with Crippen LogP contribution in [0.25, 0.3) is 0 Å². The van der Waals surface area contributed by atoms with Crippen LogP contribution in [-0.2, 0) is 5.75 Å². The van der Waals surface area contributed by atoms with Crippen LogP contribution in [-0.4, -0.2) is 16.7 Å². The van der Waals surface area contributed by atoms with Gasteiger partial charge in [0.1, 0.15) is 11.6 Å². The number of nitrogen functional groups attached to an aromatic ring is 1. The van der Waals surface area contributed by atoms with E-state index in [-0.39, 0.29) is 0 Å². The number of ether oxygens (including phenoxy) is 1. The van der Waals surface area contributed by atoms with Gasteiger partial charge < -0.3 is 10.5 Å². The molecule has 4 nitrogen and oxygen atoms in total. The van der Waals surface area contributed by atoms with Crippen molar-refractivity contribution in [3.8, 4) is 5.75 Å². The summed E-state index contributed by atoms with van der Waals surface area (Å²) in [7, 11) is 1.54. The number of thioether (sulfide) groups is 1. The number of nitrogens with zero attached hydrogens (tertiary/aromatic N) is 2. The fourth-order valence-corrected chi connectivity index (χ4v) is 2.54. The minimum Gasteiger partial charge on any atom is -0.496 e. The van der Waals surface area contributed by atoms with Gasteiger partial charge in [-0.05, 0) is 12.1 Å². The van der Waals surface area contributed by atoms with E-state index in [1.54, 1.807) is 25.3 Å². The van der Waals surface area contributed by atoms with Crippen LogP contribution in [0.5, 0.6) is 5.75 Å². The van der Waals surface area contributed by atoms with E-state index in [0.717, 1.165) is 9.46 Å². The minimum absolute atomic E-state index is 0.318. The Morgan fingerprint density at radius 2 is 2.26 bits per heavy atom. The number of hydrogen-bond donors (Lipinski definition) is 1. The first-order valence-corrected chi connectivity index (χ1v) is 6.46. The summed E-state index contributed by atoms with van der Waals surface area (Å²) in [6.07, 6.45) is 2.63. The third kappa shape index (κ3) is 3.17. The van der Waals surface area contributed by atoms with Crippen LogP contribution >= 0.6 is 11.8 Å². The average molecular weight is 285 g/mol. The number of hydrogen-bond acceptors (Lipinski definition) is 4. The van der Waals surface area contributed by atoms with Crippen molar-refractivity contribution in [3.63, 3.8) is 0 Å². The molecule has 0 atom stereocenters. The van der Waals surface area contributed by atoms with E-state index in [9.17, 15) is 8.78 Å². The van der Waals surface area contributed by atoms with Crippen LogP contribution in [0.3, 0.4) is 0 Å². The molecule has 0 amide bonds. The van der Waals surface area contributed by atoms with Gasteiger partial charge in [0.2, 0.25) is 0 Å². The van der Waals surface area contributed by atoms with Crippen LogP contribution in [0, 0.1) is 0 Å². The van der Waals surface area contributed by atoms with Crippen molar-refractivity contribution in [2.75, 3.05) is 12.8 Å². The van der Waals surface area contributed by atoms with Crippen molar-refractivity contribution in [2.45, 2.75) is 17.2 Å². The molecule has 0 fully saturated rings. The summed E-state index contributed by atoms with van der Waals surface area (Å²) < 4.78 is 31.4. The summed E-state index contributed by atoms with van der Waals surface area (Å²) in [6, 6.07) is 5.24. The van der Waals surface area contributed by atoms with Crippen molar-refractivity contribution in [2.24, 2.45) is 0 Å². The largest absolute Gasteiger partial charge is 0.496 e. The number of rotatable bonds is 5. The lowest BCUT2D eigenvalue weighted by molar-refractivity contribution is 0.0678. The van der Waals surface area contributed by atoms with Gasteiger partial charge in [0.15, 0.2) is 0 Å². The van der Waals surface area contributed by atoms with Crippen LogP contribution in [0.2, 0.25) is 0 Å². The number of nitrogens with two attached hydrogens (primary N) is 1. The maximum absolute atomic E-state index is 12.7. The van der Waals surface area contributed by atoms with Crippen molar-refractivity contribution in [1.29, 1.82) is 0 Å². The first-order valence-electron chi connectivity index (χ1n) is 5.48. The molecule has 0 aliphatic carbocycles. The van der Waals surface area contributed by atoms with Crippen molar-refractivity contribution >= 4 is 17.4 Å². The maximum atomic E-state index is 12.7. The van der Waals surface area contributed by atoms with Gasteiger partial charge in [-0.3, -0.25) is 4.57 Å². The van der Waals surface area contributed by atoms with Gasteiger partial charge in [0, 0.05) is 29.0 Å². The topological polar surface area (TPSA) is 53.1 Å². The molecule has 0 aliphatic heterocycles. The second-order valence-electron chi connectivity index (χ2n) is 3.73. The highest BCUT2D eigenvalue weighted by atomic mass is 32.2. The van der Waals surface area contributed by atoms with Gasteiger partial charge in [0.05, 0.1) is 12.9 Å². The average Bonchev–Trinajstić information content (AvgIpc) is 2.85. The molecule has 1 aromatic heterocycles. The number of methoxy groups -OCH3 is 1. The zero-order valence-electron chi connectivity index (χ0n) is 10.2. The zero-order valence-corrected chi connectivity index (χ0v) is 11.0. The van der Waals surface area contributed by atoms with E-state index in [1.807, 2.05) is 0 Å². The van der Waals surface area contributed by atoms with Gasteiger partial charge in [-0.1, -0.05) is 0 Å². The predicted octanol–water partition coefficient (Wildman–Crippen LogP) is 3.16. The van der Waals surface area contributed by atoms with Crippen LogP contribution in [0.1, 0.15) is 12.4 Å². The summed E-state index contributed by atoms with van der Waals surface area (Å²) in [5.74, 6) is 1.27. The van der Waals surface area contributed by atoms with Crippen LogP contribution < -0.4 is 10.5 Å². The Kier molecular flexibility index (Phi) is 4.26. The van der Waals surface area contributed by atoms with E-state index in [1.165, 1.54) is 24.2 Å². The summed E-state index contributed by atoms with van der Waals surface area (Å²) in [6.45, 7) is -2.58. The summed E-state index contributed by atoms with van der Waals surface area (Å²) in [5.41, 5.74) is 6.25. The van der Waals surface area contributed by atoms with Gasteiger partial charge in [-0.15, -0.1) is 11.8 Å². The number of anilines is 1. The molecular formula is C12H13F2N3OS. The lowest BCUT2D eigenvalue weighted by Crippen LogP contribution is -2.02. The molecule has 2 N–H and O–H groups in total. The highest BCUT2D eigenvalue weighted by Gasteiger charge is 2.12. The molecule has 0 saturated carbocycles. The molecule has 0 spiro atoms. The molecule has 19 heavy (non-hydrogen) atoms. The molecule has 0 unspecified atom stereocenters. The Morgan fingerprint density at radius 1 is 1.47 bits per heavy atom. The molecule has 0 saturated heterocycles. The third-order valence-corrected chi connectivity index (χ3v) is 3.55. The highest BCUT2D eigenvalue weighted by molar-refractivity contribution is 7.98. The Balaban J connectivity index is 2.12. The number of aromatic nitrogens is 2. The molecule has 0 bridgehead atoms. The highest BCUT2D eigenvalue weighted by Crippen LogP contribution is 2.33. The normalized spacial score (nSPS) is 10.9. The Labute approximate surface area is 113 Å². The second kappa shape index (κ2) is 5.92. The number of benzene rings is 1. The lowest BCUT2D eigenvalue weighted by Gasteiger charge is -2.09. The fourth-order valence-electron chi connectivity index (χ4n) is 1.58. The molecule has 7 heteroatoms. The Hall–Kier alpha value is -1.76. The maximum Gasteiger partial charge on any atom is 0.319 e. The molecule has 1 heterocycles. The summed E-state index contributed by atoms with van der Waals surface area (Å²) >= 11 is 1.37. The number of halogens is 2. The van der Waals surface area contributed by atoms with Gasteiger partial charge in [0.25, 0.3) is 0 Å². The Bertz CT molecular complexity index is 560. The monoisotopic (exact) mass is 285 g/mol. The van der Waals surface area contributed by atoms with E-state index in [0.29, 0.717) is 23.0 Å². The van der Waals surface area contributed by atoms with Crippen LogP contribution in [0.15, 0.2) is 35.5 Å². The SMILES string of the molecule is COc1cc(N)ccc1SCc1nccn1C(F)F. The van der Waals surface area contributed by atoms with Crippen molar-refractivity contribution < 1.29 is 13.5 Å². The van der Waals surface area contributed by atoms with Gasteiger partial charge >= 0.3 is 6.55 Å². The fraction of sp³-hybridized carbons (Fsp3) is 0.250. The van der Waals surface area contributed by atoms with Gasteiger partial charge in [-0.25, -0.2) is 4.98 Å². The molecule has 0 aliphatic rings. The first-order chi connectivity index (χ1) is 9.11. The van der Waals surface area contributed by atoms with E-state index >= 15 is 0 Å². The lowest BCUT2D eigenvalue weighted by atomic mass is 10.3. The molecular weight excluding hydrogens is 272 g/mol. The number of alkyl halides is 2. The van der Waals surface area contributed by atoms with E-state index in [2.05, 4.69) is 4.98 Å². The first kappa shape index (κ1) is 13.7. The van der Waals surface area contributed by atoms with Gasteiger partial charge in [-0.2, -0.15) is 8.78 Å². The summed E-state index contributed by atoms with van der Waals surface area (Å²) in [4.78, 5) is 4.76. The smallest absolute Gasteiger partial charge is 0.319 e. The van der Waals surface area contributed by atoms with Crippen molar-refractivity contribution in [1.82, 2.24) is 9.55 Å². The Morgan fingerprint density at radius 3 is 2.95 bits per heavy atom. The minimum atomic E-state index is -2.58. The number of imidazole rings is 1. The molecule has 2 aromatic rings. The third-order valence-electron chi connectivity index (χ3n) is 2.50. The second-order valence-corrected chi connectivity index (χ2v) is 4.74. The summed E-state index contributed by atoms with van der Waals surface area (Å²) in [5, 5.41) is 0. The molecule has 0 radical (unpaired) electrons. The zero-order chi connectivity index (χ0) is 13.8. The standard InChI is InChI=1S/C12H13F2N3OS/c1-18-9-6-8(15)2-3-10(9)19-7-11-16-4-5-17(11)12(13)14/h2-6,12H,7,15H2,1H3. The van der Waals surface area contributed by atoms with E-state index < -0.39 is 6.55 Å².